The van der Waals surface area contributed by atoms with Crippen molar-refractivity contribution in [2.45, 2.75) is 0 Å². The minimum atomic E-state index is -1.22. The number of aliphatic carboxylic acids is 7. The molecule has 0 atom stereocenters. The molecule has 39 heteroatoms. The molecular weight excluding hydrogens is 1090 g/mol. The number of halogens is 7. The fourth-order valence-electron chi connectivity index (χ4n) is 0. The van der Waals surface area contributed by atoms with Crippen LogP contribution >= 0.6 is 83.1 Å². The van der Waals surface area contributed by atoms with Gasteiger partial charge in [0.25, 0.3) is 0 Å². The Balaban J connectivity index is -0.0000000158. The zero-order valence-corrected chi connectivity index (χ0v) is 38.4. The van der Waals surface area contributed by atoms with Crippen molar-refractivity contribution in [3.05, 3.63) is 0 Å². The molecule has 53 heavy (non-hydrogen) atoms. The van der Waals surface area contributed by atoms with Crippen LogP contribution in [0.5, 0.6) is 0 Å². The molecule has 0 aliphatic rings. The Kier molecular flexibility index (Phi) is 378. The second-order valence-corrected chi connectivity index (χ2v) is 4.03. The fraction of sp³-hybridized carbons (Fsp3) is 0.500. The average molecular weight is 1110 g/mol. The monoisotopic (exact) mass is 1110 g/mol. The number of rotatable bonds is 7. The molecule has 0 aromatic carbocycles. The number of hydrogen-bond acceptors (Lipinski definition) is 28. The van der Waals surface area contributed by atoms with E-state index < -0.39 is 41.8 Å². The third kappa shape index (κ3) is 632. The Labute approximate surface area is 396 Å². The van der Waals surface area contributed by atoms with Gasteiger partial charge in [-0.1, -0.05) is 0 Å². The van der Waals surface area contributed by atoms with Gasteiger partial charge in [-0.3, -0.25) is 0 Å². The first-order valence-corrected chi connectivity index (χ1v) is 11.4. The number of hydrogen-bond donors (Lipinski definition) is 7. The van der Waals surface area contributed by atoms with Crippen LogP contribution in [0.25, 0.3) is 0 Å². The molecule has 308 valence electrons. The van der Waals surface area contributed by atoms with E-state index in [9.17, 15) is 0 Å². The topological polar surface area (TPSA) is 624 Å². The summed E-state index contributed by atoms with van der Waals surface area (Å²) in [6.45, 7) is -2.72. The molecule has 0 fully saturated rings. The first kappa shape index (κ1) is 117. The predicted octanol–water partition coefficient (Wildman–Crippen LogP) is -20.4. The minimum absolute atomic E-state index is 0. The SMILES string of the molecule is NCC(=O)[O-].NCC(=O)[O-].NCC(=O)[O-].NCC(=O)[O-].NCC(=O)[O-].NCC(=O)[O-].NCC(=O)[O-].[Al+3].[Al+3].[O-]Cl.[O-]Cl.[O-]Cl.[O-]Cl.[O-]Cl.[O-]Cl.[O-]Cl.[Zr+4].[Zr+4]. The summed E-state index contributed by atoms with van der Waals surface area (Å²) < 4.78 is 54.1. The van der Waals surface area contributed by atoms with E-state index in [1.54, 1.807) is 0 Å². The van der Waals surface area contributed by atoms with Gasteiger partial charge in [-0.25, -0.2) is 83.1 Å². The molecule has 0 radical (unpaired) electrons. The Morgan fingerprint density at radius 3 is 0.283 bits per heavy atom. The molecule has 0 saturated carbocycles. The van der Waals surface area contributed by atoms with E-state index in [0.717, 1.165) is 0 Å². The zero-order chi connectivity index (χ0) is 44.0. The van der Waals surface area contributed by atoms with E-state index in [0.29, 0.717) is 0 Å². The van der Waals surface area contributed by atoms with Crippen LogP contribution in [0.2, 0.25) is 0 Å². The van der Waals surface area contributed by atoms with Gasteiger partial charge in [0, 0.05) is 45.8 Å². The molecule has 0 unspecified atom stereocenters. The van der Waals surface area contributed by atoms with Gasteiger partial charge in [-0.15, -0.1) is 0 Å². The predicted molar refractivity (Wildman–Crippen MR) is 151 cm³/mol. The molecule has 0 aliphatic heterocycles. The second kappa shape index (κ2) is 171. The number of carboxylic acids is 7. The van der Waals surface area contributed by atoms with Crippen LogP contribution in [-0.4, -0.2) is 122 Å². The van der Waals surface area contributed by atoms with Crippen molar-refractivity contribution in [1.82, 2.24) is 0 Å². The van der Waals surface area contributed by atoms with Crippen LogP contribution in [0, 0.1) is 0 Å². The number of carboxylic acid groups (broad SMARTS) is 7. The van der Waals surface area contributed by atoms with E-state index in [1.807, 2.05) is 0 Å². The molecule has 0 aliphatic carbocycles. The molecule has 0 saturated heterocycles. The van der Waals surface area contributed by atoms with Crippen molar-refractivity contribution in [2.75, 3.05) is 45.8 Å². The summed E-state index contributed by atoms with van der Waals surface area (Å²) in [5.74, 6) is -8.52. The smallest absolute Gasteiger partial charge is 0.769 e. The molecular formula is C14H28Al2Cl7N7O21Zr2. The summed E-state index contributed by atoms with van der Waals surface area (Å²) in [5, 5.41) is 63.9. The number of carbonyl (C=O) groups excluding carboxylic acids is 7. The molecule has 0 aromatic rings. The molecule has 0 spiro atoms. The summed E-state index contributed by atoms with van der Waals surface area (Å²) in [6, 6.07) is 0. The molecule has 28 nitrogen and oxygen atoms in total. The Morgan fingerprint density at radius 2 is 0.283 bits per heavy atom. The van der Waals surface area contributed by atoms with Gasteiger partial charge < -0.3 is 142 Å². The summed E-state index contributed by atoms with van der Waals surface area (Å²) >= 11 is 23.7. The zero-order valence-electron chi connectivity index (χ0n) is 25.9. The van der Waals surface area contributed by atoms with Gasteiger partial charge in [-0.05, 0) is 0 Å². The second-order valence-electron chi connectivity index (χ2n) is 4.03. The van der Waals surface area contributed by atoms with Gasteiger partial charge in [0.1, 0.15) is 0 Å². The summed E-state index contributed by atoms with van der Waals surface area (Å²) in [7, 11) is 0. The summed E-state index contributed by atoms with van der Waals surface area (Å²) in [6.07, 6.45) is 0. The first-order chi connectivity index (χ1) is 22.9. The van der Waals surface area contributed by atoms with Crippen LogP contribution in [-0.2, 0) is 86.0 Å². The Morgan fingerprint density at radius 1 is 0.264 bits per heavy atom. The summed E-state index contributed by atoms with van der Waals surface area (Å²) in [4.78, 5) is 63.9. The Hall–Kier alpha value is 0.591. The van der Waals surface area contributed by atoms with Gasteiger partial charge in [0.2, 0.25) is 0 Å². The van der Waals surface area contributed by atoms with E-state index in [-0.39, 0.29) is 133 Å². The van der Waals surface area contributed by atoms with Gasteiger partial charge in [-0.2, -0.15) is 0 Å². The maximum Gasteiger partial charge on any atom is 4.00 e. The van der Waals surface area contributed by atoms with Gasteiger partial charge in [0.15, 0.2) is 0 Å². The number of nitrogens with two attached hydrogens (primary N) is 7. The third-order valence-corrected chi connectivity index (χ3v) is 1.17. The van der Waals surface area contributed by atoms with E-state index in [4.69, 9.17) is 102 Å². The quantitative estimate of drug-likeness (QED) is 0.116. The number of carbonyl (C=O) groups is 7. The maximum absolute atomic E-state index is 9.13. The largest absolute Gasteiger partial charge is 4.00 e. The fourth-order valence-corrected chi connectivity index (χ4v) is 0. The van der Waals surface area contributed by atoms with Gasteiger partial charge >= 0.3 is 87.1 Å². The molecule has 0 bridgehead atoms. The average Bonchev–Trinajstić information content (AvgIpc) is 3.15. The minimum Gasteiger partial charge on any atom is -0.769 e. The molecule has 14 N–H and O–H groups in total. The van der Waals surface area contributed by atoms with Crippen molar-refractivity contribution >= 4 is 160 Å². The summed E-state index contributed by atoms with van der Waals surface area (Å²) in [5.41, 5.74) is 31.6. The van der Waals surface area contributed by atoms with Crippen molar-refractivity contribution in [2.24, 2.45) is 40.1 Å². The molecule has 0 amide bonds. The van der Waals surface area contributed by atoms with Crippen LogP contribution in [0.1, 0.15) is 0 Å². The van der Waals surface area contributed by atoms with Gasteiger partial charge in [0.05, 0.1) is 41.8 Å². The van der Waals surface area contributed by atoms with E-state index in [2.05, 4.69) is 123 Å². The van der Waals surface area contributed by atoms with Crippen molar-refractivity contribution in [3.63, 3.8) is 0 Å². The first-order valence-electron chi connectivity index (χ1n) is 9.27. The van der Waals surface area contributed by atoms with Crippen LogP contribution in [0.3, 0.4) is 0 Å². The standard InChI is InChI=1S/7C2H5NO2.2Al.7ClO.2Zr/c7*3-1-2(4)5;;;7*1-2;;/h7*1,3H2,(H,4,5);;;;;;;;;;;/q;;;;;;;2*+3;7*-1;2*+4/p-7. The van der Waals surface area contributed by atoms with Crippen LogP contribution < -0.4 is 108 Å². The molecule has 0 aromatic heterocycles. The van der Waals surface area contributed by atoms with E-state index in [1.165, 1.54) is 0 Å². The van der Waals surface area contributed by atoms with Crippen LogP contribution in [0.15, 0.2) is 0 Å². The third-order valence-electron chi connectivity index (χ3n) is 1.17. The van der Waals surface area contributed by atoms with Crippen molar-refractivity contribution in [1.29, 1.82) is 0 Å². The van der Waals surface area contributed by atoms with Crippen molar-refractivity contribution in [3.8, 4) is 0 Å². The molecule has 0 heterocycles. The van der Waals surface area contributed by atoms with Crippen LogP contribution in [0.4, 0.5) is 0 Å². The van der Waals surface area contributed by atoms with E-state index >= 15 is 0 Å². The van der Waals surface area contributed by atoms with Crippen molar-refractivity contribution < 1.29 is 154 Å². The molecule has 0 rings (SSSR count). The Bertz CT molecular complexity index is 499. The normalized spacial score (nSPS) is 5.68. The maximum atomic E-state index is 9.13.